The summed E-state index contributed by atoms with van der Waals surface area (Å²) in [5.41, 5.74) is 0. The molecule has 1 aliphatic rings. The van der Waals surface area contributed by atoms with Gasteiger partial charge in [0.2, 0.25) is 15.9 Å². The number of benzene rings is 1. The normalized spacial score (nSPS) is 13.7. The number of nitrogens with zero attached hydrogens (tertiary/aromatic N) is 1. The van der Waals surface area contributed by atoms with E-state index in [0.717, 1.165) is 6.42 Å². The monoisotopic (exact) mass is 428 g/mol. The Labute approximate surface area is 171 Å². The number of amides is 1. The number of ether oxygens (including phenoxy) is 3. The molecule has 1 aromatic rings. The minimum absolute atomic E-state index is 0.0291. The summed E-state index contributed by atoms with van der Waals surface area (Å²) < 4.78 is 43.4. The maximum absolute atomic E-state index is 12.5. The molecule has 1 aromatic carbocycles. The zero-order valence-corrected chi connectivity index (χ0v) is 17.8. The predicted molar refractivity (Wildman–Crippen MR) is 105 cm³/mol. The van der Waals surface area contributed by atoms with Crippen molar-refractivity contribution in [2.75, 3.05) is 32.9 Å². The molecule has 0 aromatic heterocycles. The van der Waals surface area contributed by atoms with E-state index in [1.165, 1.54) is 17.0 Å². The van der Waals surface area contributed by atoms with Crippen LogP contribution >= 0.6 is 0 Å². The van der Waals surface area contributed by atoms with Gasteiger partial charge in [-0.05, 0) is 32.9 Å². The van der Waals surface area contributed by atoms with Crippen molar-refractivity contribution in [3.63, 3.8) is 0 Å². The Morgan fingerprint density at radius 2 is 1.90 bits per heavy atom. The zero-order valence-electron chi connectivity index (χ0n) is 17.0. The molecule has 2 rings (SSSR count). The molecule has 0 radical (unpaired) electrons. The number of sulfonamides is 1. The Hall–Kier alpha value is -2.33. The highest BCUT2D eigenvalue weighted by Gasteiger charge is 2.22. The first kappa shape index (κ1) is 23.0. The molecule has 0 unspecified atom stereocenters. The molecular weight excluding hydrogens is 400 g/mol. The Bertz CT molecular complexity index is 824. The van der Waals surface area contributed by atoms with Gasteiger partial charge in [-0.3, -0.25) is 9.59 Å². The summed E-state index contributed by atoms with van der Waals surface area (Å²) >= 11 is 0. The molecule has 0 saturated carbocycles. The number of rotatable bonds is 9. The van der Waals surface area contributed by atoms with Gasteiger partial charge in [0.05, 0.1) is 24.7 Å². The van der Waals surface area contributed by atoms with Crippen molar-refractivity contribution in [1.82, 2.24) is 9.62 Å². The number of carbonyl (C=O) groups excluding carboxylic acids is 2. The van der Waals surface area contributed by atoms with Crippen molar-refractivity contribution < 1.29 is 32.2 Å². The van der Waals surface area contributed by atoms with Crippen LogP contribution in [0.1, 0.15) is 33.6 Å². The summed E-state index contributed by atoms with van der Waals surface area (Å²) in [6.45, 7) is 6.17. The van der Waals surface area contributed by atoms with E-state index in [2.05, 4.69) is 4.72 Å². The van der Waals surface area contributed by atoms with Crippen molar-refractivity contribution >= 4 is 21.9 Å². The van der Waals surface area contributed by atoms with Gasteiger partial charge in [0.1, 0.15) is 6.54 Å². The van der Waals surface area contributed by atoms with Crippen LogP contribution in [0.4, 0.5) is 0 Å². The molecule has 162 valence electrons. The Kier molecular flexibility index (Phi) is 8.27. The lowest BCUT2D eigenvalue weighted by atomic mass is 10.2. The number of carbonyl (C=O) groups is 2. The predicted octanol–water partition coefficient (Wildman–Crippen LogP) is 1.32. The largest absolute Gasteiger partial charge is 0.490 e. The van der Waals surface area contributed by atoms with Crippen LogP contribution in [-0.2, 0) is 24.3 Å². The molecule has 1 heterocycles. The van der Waals surface area contributed by atoms with Gasteiger partial charge in [0.15, 0.2) is 11.5 Å². The number of fused-ring (bicyclic) bond motifs is 1. The molecular formula is C19H28N2O7S. The second kappa shape index (κ2) is 10.4. The first-order chi connectivity index (χ1) is 13.7. The van der Waals surface area contributed by atoms with Crippen LogP contribution in [-0.4, -0.2) is 64.1 Å². The molecule has 9 nitrogen and oxygen atoms in total. The summed E-state index contributed by atoms with van der Waals surface area (Å²) in [5.74, 6) is 0.0433. The minimum Gasteiger partial charge on any atom is -0.490 e. The quantitative estimate of drug-likeness (QED) is 0.591. The van der Waals surface area contributed by atoms with Gasteiger partial charge in [0.25, 0.3) is 0 Å². The fourth-order valence-corrected chi connectivity index (χ4v) is 3.78. The summed E-state index contributed by atoms with van der Waals surface area (Å²) in [7, 11) is -3.83. The second-order valence-corrected chi connectivity index (χ2v) is 8.49. The Morgan fingerprint density at radius 1 is 1.21 bits per heavy atom. The first-order valence-electron chi connectivity index (χ1n) is 9.59. The third-order valence-corrected chi connectivity index (χ3v) is 5.67. The minimum atomic E-state index is -3.83. The van der Waals surface area contributed by atoms with Crippen molar-refractivity contribution in [2.45, 2.75) is 44.6 Å². The van der Waals surface area contributed by atoms with Crippen LogP contribution in [0.15, 0.2) is 23.1 Å². The van der Waals surface area contributed by atoms with Crippen LogP contribution in [0.5, 0.6) is 11.5 Å². The molecule has 0 fully saturated rings. The fraction of sp³-hybridized carbons (Fsp3) is 0.579. The average molecular weight is 429 g/mol. The van der Waals surface area contributed by atoms with E-state index in [1.54, 1.807) is 26.8 Å². The van der Waals surface area contributed by atoms with Crippen LogP contribution in [0.3, 0.4) is 0 Å². The molecule has 0 atom stereocenters. The maximum atomic E-state index is 12.5. The van der Waals surface area contributed by atoms with Crippen molar-refractivity contribution in [1.29, 1.82) is 0 Å². The lowest BCUT2D eigenvalue weighted by Gasteiger charge is -2.25. The van der Waals surface area contributed by atoms with E-state index in [0.29, 0.717) is 24.7 Å². The summed E-state index contributed by atoms with van der Waals surface area (Å²) in [4.78, 5) is 25.5. The average Bonchev–Trinajstić information content (AvgIpc) is 2.90. The molecule has 29 heavy (non-hydrogen) atoms. The highest BCUT2D eigenvalue weighted by molar-refractivity contribution is 7.89. The summed E-state index contributed by atoms with van der Waals surface area (Å²) in [6, 6.07) is 4.18. The van der Waals surface area contributed by atoms with E-state index in [-0.39, 0.29) is 43.0 Å². The lowest BCUT2D eigenvalue weighted by molar-refractivity contribution is -0.150. The van der Waals surface area contributed by atoms with Gasteiger partial charge >= 0.3 is 5.97 Å². The van der Waals surface area contributed by atoms with Crippen LogP contribution in [0, 0.1) is 0 Å². The molecule has 1 amide bonds. The van der Waals surface area contributed by atoms with Crippen LogP contribution in [0.2, 0.25) is 0 Å². The second-order valence-electron chi connectivity index (χ2n) is 6.73. The summed E-state index contributed by atoms with van der Waals surface area (Å²) in [6.07, 6.45) is 0.636. The topological polar surface area (TPSA) is 111 Å². The van der Waals surface area contributed by atoms with E-state index >= 15 is 0 Å². The number of hydrogen-bond donors (Lipinski definition) is 1. The van der Waals surface area contributed by atoms with Gasteiger partial charge in [-0.15, -0.1) is 0 Å². The fourth-order valence-electron chi connectivity index (χ4n) is 2.73. The van der Waals surface area contributed by atoms with Crippen molar-refractivity contribution in [3.8, 4) is 11.5 Å². The Balaban J connectivity index is 1.96. The van der Waals surface area contributed by atoms with Crippen LogP contribution in [0.25, 0.3) is 0 Å². The van der Waals surface area contributed by atoms with Gasteiger partial charge < -0.3 is 19.1 Å². The van der Waals surface area contributed by atoms with E-state index < -0.39 is 16.0 Å². The standard InChI is InChI=1S/C19H28N2O7S/c1-4-26-19(23)13-21(14(2)3)18(22)8-9-20-29(24,25)15-6-7-16-17(12-15)28-11-5-10-27-16/h6-7,12,14,20H,4-5,8-11,13H2,1-3H3. The van der Waals surface area contributed by atoms with Gasteiger partial charge in [-0.2, -0.15) is 0 Å². The van der Waals surface area contributed by atoms with Gasteiger partial charge in [0, 0.05) is 31.5 Å². The molecule has 1 N–H and O–H groups in total. The number of hydrogen-bond acceptors (Lipinski definition) is 7. The van der Waals surface area contributed by atoms with E-state index in [4.69, 9.17) is 14.2 Å². The van der Waals surface area contributed by atoms with Gasteiger partial charge in [-0.25, -0.2) is 13.1 Å². The van der Waals surface area contributed by atoms with Crippen molar-refractivity contribution in [2.24, 2.45) is 0 Å². The van der Waals surface area contributed by atoms with E-state index in [9.17, 15) is 18.0 Å². The lowest BCUT2D eigenvalue weighted by Crippen LogP contribution is -2.42. The Morgan fingerprint density at radius 3 is 2.55 bits per heavy atom. The van der Waals surface area contributed by atoms with Crippen LogP contribution < -0.4 is 14.2 Å². The molecule has 1 aliphatic heterocycles. The third kappa shape index (κ3) is 6.60. The highest BCUT2D eigenvalue weighted by Crippen LogP contribution is 2.31. The molecule has 0 spiro atoms. The molecule has 0 bridgehead atoms. The van der Waals surface area contributed by atoms with E-state index in [1.807, 2.05) is 0 Å². The molecule has 10 heteroatoms. The maximum Gasteiger partial charge on any atom is 0.325 e. The van der Waals surface area contributed by atoms with Gasteiger partial charge in [-0.1, -0.05) is 0 Å². The molecule has 0 aliphatic carbocycles. The third-order valence-electron chi connectivity index (χ3n) is 4.21. The number of esters is 1. The SMILES string of the molecule is CCOC(=O)CN(C(=O)CCNS(=O)(=O)c1ccc2c(c1)OCCCO2)C(C)C. The smallest absolute Gasteiger partial charge is 0.325 e. The number of nitrogens with one attached hydrogen (secondary N) is 1. The van der Waals surface area contributed by atoms with Crippen molar-refractivity contribution in [3.05, 3.63) is 18.2 Å². The summed E-state index contributed by atoms with van der Waals surface area (Å²) in [5, 5.41) is 0. The molecule has 0 saturated heterocycles. The zero-order chi connectivity index (χ0) is 21.4. The first-order valence-corrected chi connectivity index (χ1v) is 11.1. The highest BCUT2D eigenvalue weighted by atomic mass is 32.2.